The van der Waals surface area contributed by atoms with E-state index in [2.05, 4.69) is 20.0 Å². The summed E-state index contributed by atoms with van der Waals surface area (Å²) in [6.07, 6.45) is 7.17. The number of rotatable bonds is 4. The van der Waals surface area contributed by atoms with E-state index < -0.39 is 0 Å². The Morgan fingerprint density at radius 1 is 0.700 bits per heavy atom. The van der Waals surface area contributed by atoms with Crippen LogP contribution in [0, 0.1) is 0 Å². The molecule has 20 heavy (non-hydrogen) atoms. The first kappa shape index (κ1) is 14.8. The van der Waals surface area contributed by atoms with Crippen molar-refractivity contribution >= 4 is 0 Å². The van der Waals surface area contributed by atoms with Crippen LogP contribution in [-0.4, -0.2) is 86.2 Å². The molecule has 4 heteroatoms. The molecule has 0 bridgehead atoms. The molecular weight excluding hydrogens is 248 g/mol. The Labute approximate surface area is 124 Å². The van der Waals surface area contributed by atoms with Crippen molar-refractivity contribution < 1.29 is 0 Å². The monoisotopic (exact) mass is 280 g/mol. The molecule has 0 atom stereocenters. The molecule has 1 aliphatic carbocycles. The van der Waals surface area contributed by atoms with Crippen molar-refractivity contribution in [1.82, 2.24) is 20.0 Å². The third kappa shape index (κ3) is 4.17. The van der Waals surface area contributed by atoms with E-state index in [9.17, 15) is 0 Å². The second kappa shape index (κ2) is 7.74. The number of hydrogen-bond donors (Lipinski definition) is 1. The highest BCUT2D eigenvalue weighted by Crippen LogP contribution is 2.24. The van der Waals surface area contributed by atoms with Gasteiger partial charge in [-0.2, -0.15) is 0 Å². The second-order valence-corrected chi connectivity index (χ2v) is 6.76. The molecule has 116 valence electrons. The number of piperazine rings is 1. The molecule has 0 aromatic rings. The van der Waals surface area contributed by atoms with Gasteiger partial charge in [-0.25, -0.2) is 0 Å². The van der Waals surface area contributed by atoms with Gasteiger partial charge in [0.2, 0.25) is 0 Å². The van der Waals surface area contributed by atoms with Gasteiger partial charge >= 0.3 is 0 Å². The van der Waals surface area contributed by atoms with Crippen molar-refractivity contribution in [3.8, 4) is 0 Å². The zero-order valence-electron chi connectivity index (χ0n) is 13.0. The highest BCUT2D eigenvalue weighted by atomic mass is 15.3. The van der Waals surface area contributed by atoms with Gasteiger partial charge in [0.05, 0.1) is 0 Å². The summed E-state index contributed by atoms with van der Waals surface area (Å²) in [6, 6.07) is 0.925. The lowest BCUT2D eigenvalue weighted by molar-refractivity contribution is 0.0901. The molecule has 1 saturated carbocycles. The SMILES string of the molecule is C1CCC(N2CCN(CCN3CCCNCC3)CC2)C1. The molecule has 0 unspecified atom stereocenters. The fraction of sp³-hybridized carbons (Fsp3) is 1.00. The van der Waals surface area contributed by atoms with E-state index in [-0.39, 0.29) is 0 Å². The van der Waals surface area contributed by atoms with Crippen LogP contribution >= 0.6 is 0 Å². The minimum absolute atomic E-state index is 0.925. The van der Waals surface area contributed by atoms with Crippen molar-refractivity contribution in [1.29, 1.82) is 0 Å². The average molecular weight is 280 g/mol. The van der Waals surface area contributed by atoms with Crippen LogP contribution in [-0.2, 0) is 0 Å². The van der Waals surface area contributed by atoms with Gasteiger partial charge in [0.1, 0.15) is 0 Å². The molecule has 0 amide bonds. The van der Waals surface area contributed by atoms with E-state index >= 15 is 0 Å². The first-order chi connectivity index (χ1) is 9.92. The lowest BCUT2D eigenvalue weighted by Gasteiger charge is -2.38. The lowest BCUT2D eigenvalue weighted by atomic mass is 10.2. The molecule has 3 rings (SSSR count). The van der Waals surface area contributed by atoms with Crippen LogP contribution in [0.25, 0.3) is 0 Å². The molecule has 4 nitrogen and oxygen atoms in total. The van der Waals surface area contributed by atoms with Crippen molar-refractivity contribution in [2.45, 2.75) is 38.1 Å². The summed E-state index contributed by atoms with van der Waals surface area (Å²) >= 11 is 0. The molecule has 0 radical (unpaired) electrons. The van der Waals surface area contributed by atoms with Crippen LogP contribution in [0.3, 0.4) is 0 Å². The molecule has 2 saturated heterocycles. The zero-order chi connectivity index (χ0) is 13.6. The molecule has 1 N–H and O–H groups in total. The van der Waals surface area contributed by atoms with Gasteiger partial charge in [-0.1, -0.05) is 12.8 Å². The maximum Gasteiger partial charge on any atom is 0.0113 e. The molecule has 0 spiro atoms. The van der Waals surface area contributed by atoms with Gasteiger partial charge in [0, 0.05) is 58.4 Å². The van der Waals surface area contributed by atoms with Gasteiger partial charge in [-0.15, -0.1) is 0 Å². The average Bonchev–Trinajstić information content (AvgIpc) is 2.90. The van der Waals surface area contributed by atoms with E-state index in [1.54, 1.807) is 0 Å². The zero-order valence-corrected chi connectivity index (χ0v) is 13.0. The quantitative estimate of drug-likeness (QED) is 0.824. The fourth-order valence-electron chi connectivity index (χ4n) is 4.03. The Bertz CT molecular complexity index is 262. The summed E-state index contributed by atoms with van der Waals surface area (Å²) in [4.78, 5) is 8.09. The summed E-state index contributed by atoms with van der Waals surface area (Å²) in [7, 11) is 0. The summed E-state index contributed by atoms with van der Waals surface area (Å²) in [5.41, 5.74) is 0. The van der Waals surface area contributed by atoms with Crippen molar-refractivity contribution in [3.63, 3.8) is 0 Å². The number of hydrogen-bond acceptors (Lipinski definition) is 4. The van der Waals surface area contributed by atoms with E-state index in [0.717, 1.165) is 6.04 Å². The molecule has 2 aliphatic heterocycles. The maximum absolute atomic E-state index is 3.49. The second-order valence-electron chi connectivity index (χ2n) is 6.76. The molecule has 0 aromatic carbocycles. The van der Waals surface area contributed by atoms with E-state index in [1.165, 1.54) is 97.6 Å². The van der Waals surface area contributed by atoms with Gasteiger partial charge in [0.15, 0.2) is 0 Å². The minimum atomic E-state index is 0.925. The first-order valence-corrected chi connectivity index (χ1v) is 8.81. The molecule has 2 heterocycles. The van der Waals surface area contributed by atoms with E-state index in [0.29, 0.717) is 0 Å². The largest absolute Gasteiger partial charge is 0.315 e. The van der Waals surface area contributed by atoms with Crippen molar-refractivity contribution in [2.75, 3.05) is 65.4 Å². The summed E-state index contributed by atoms with van der Waals surface area (Å²) in [5.74, 6) is 0. The fourth-order valence-corrected chi connectivity index (χ4v) is 4.03. The lowest BCUT2D eigenvalue weighted by Crippen LogP contribution is -2.51. The third-order valence-electron chi connectivity index (χ3n) is 5.41. The number of nitrogens with zero attached hydrogens (tertiary/aromatic N) is 3. The smallest absolute Gasteiger partial charge is 0.0113 e. The van der Waals surface area contributed by atoms with Crippen LogP contribution in [0.5, 0.6) is 0 Å². The topological polar surface area (TPSA) is 21.8 Å². The Morgan fingerprint density at radius 2 is 1.40 bits per heavy atom. The molecular formula is C16H32N4. The van der Waals surface area contributed by atoms with E-state index in [1.807, 2.05) is 0 Å². The van der Waals surface area contributed by atoms with E-state index in [4.69, 9.17) is 0 Å². The van der Waals surface area contributed by atoms with Crippen LogP contribution in [0.4, 0.5) is 0 Å². The summed E-state index contributed by atoms with van der Waals surface area (Å²) < 4.78 is 0. The summed E-state index contributed by atoms with van der Waals surface area (Å²) in [6.45, 7) is 12.7. The minimum Gasteiger partial charge on any atom is -0.315 e. The van der Waals surface area contributed by atoms with Crippen LogP contribution < -0.4 is 5.32 Å². The Morgan fingerprint density at radius 3 is 2.15 bits per heavy atom. The van der Waals surface area contributed by atoms with Crippen LogP contribution in [0.15, 0.2) is 0 Å². The Balaban J connectivity index is 1.33. The standard InChI is InChI=1S/C16H32N4/c1-2-5-16(4-1)20-14-12-19(13-15-20)11-10-18-8-3-6-17-7-9-18/h16-17H,1-15H2. The van der Waals surface area contributed by atoms with Gasteiger partial charge in [0.25, 0.3) is 0 Å². The molecule has 0 aromatic heterocycles. The normalized spacial score (nSPS) is 28.8. The van der Waals surface area contributed by atoms with Gasteiger partial charge in [-0.3, -0.25) is 9.80 Å². The van der Waals surface area contributed by atoms with Crippen LogP contribution in [0.1, 0.15) is 32.1 Å². The predicted molar refractivity (Wildman–Crippen MR) is 84.2 cm³/mol. The van der Waals surface area contributed by atoms with Gasteiger partial charge < -0.3 is 10.2 Å². The Kier molecular flexibility index (Phi) is 5.71. The van der Waals surface area contributed by atoms with Crippen LogP contribution in [0.2, 0.25) is 0 Å². The van der Waals surface area contributed by atoms with Gasteiger partial charge in [-0.05, 0) is 32.4 Å². The summed E-state index contributed by atoms with van der Waals surface area (Å²) in [5, 5.41) is 3.49. The predicted octanol–water partition coefficient (Wildman–Crippen LogP) is 0.842. The molecule has 3 aliphatic rings. The van der Waals surface area contributed by atoms with Crippen molar-refractivity contribution in [2.24, 2.45) is 0 Å². The maximum atomic E-state index is 3.49. The molecule has 3 fully saturated rings. The number of nitrogens with one attached hydrogen (secondary N) is 1. The Hall–Kier alpha value is -0.160. The highest BCUT2D eigenvalue weighted by molar-refractivity contribution is 4.82. The first-order valence-electron chi connectivity index (χ1n) is 8.81. The van der Waals surface area contributed by atoms with Crippen molar-refractivity contribution in [3.05, 3.63) is 0 Å². The highest BCUT2D eigenvalue weighted by Gasteiger charge is 2.26. The third-order valence-corrected chi connectivity index (χ3v) is 5.41.